The number of rotatable bonds is 1. The highest BCUT2D eigenvalue weighted by atomic mass is 79.9. The Balaban J connectivity index is 2.92. The molecule has 0 aliphatic rings. The topological polar surface area (TPSA) is 45.8 Å². The molecule has 1 N–H and O–H groups in total. The molecule has 1 heterocycles. The average Bonchev–Trinajstić information content (AvgIpc) is 2.15. The van der Waals surface area contributed by atoms with Crippen molar-refractivity contribution in [3.8, 4) is 0 Å². The molecule has 0 aliphatic heterocycles. The van der Waals surface area contributed by atoms with Crippen LogP contribution in [0, 0.1) is 0 Å². The minimum absolute atomic E-state index is 0.227. The Kier molecular flexibility index (Phi) is 2.88. The zero-order valence-corrected chi connectivity index (χ0v) is 10.3. The number of nitrogens with zero attached hydrogens (tertiary/aromatic N) is 1. The van der Waals surface area contributed by atoms with Gasteiger partial charge in [-0.1, -0.05) is 15.9 Å². The van der Waals surface area contributed by atoms with E-state index in [0.29, 0.717) is 10.8 Å². The lowest BCUT2D eigenvalue weighted by molar-refractivity contribution is 0.932. The van der Waals surface area contributed by atoms with Crippen molar-refractivity contribution in [3.63, 3.8) is 0 Å². The van der Waals surface area contributed by atoms with Crippen LogP contribution in [0.2, 0.25) is 0 Å². The van der Waals surface area contributed by atoms with Gasteiger partial charge in [0.2, 0.25) is 0 Å². The molecule has 16 heavy (non-hydrogen) atoms. The molecule has 1 aromatic carbocycles. The Hall–Kier alpha value is -0.740. The Morgan fingerprint density at radius 3 is 2.69 bits per heavy atom. The van der Waals surface area contributed by atoms with Crippen LogP contribution >= 0.6 is 27.5 Å². The lowest BCUT2D eigenvalue weighted by Gasteiger charge is -2.17. The van der Waals surface area contributed by atoms with Crippen molar-refractivity contribution < 1.29 is 0 Å². The first-order valence-corrected chi connectivity index (χ1v) is 5.52. The first-order chi connectivity index (χ1) is 7.39. The van der Waals surface area contributed by atoms with Crippen molar-refractivity contribution in [1.29, 1.82) is 0 Å². The van der Waals surface area contributed by atoms with E-state index in [1.54, 1.807) is 18.2 Å². The molecular weight excluding hydrogens is 289 g/mol. The fourth-order valence-corrected chi connectivity index (χ4v) is 1.93. The first kappa shape index (κ1) is 11.7. The normalized spacial score (nSPS) is 11.9. The second kappa shape index (κ2) is 3.93. The summed E-state index contributed by atoms with van der Waals surface area (Å²) in [5.41, 5.74) is -0.0859. The summed E-state index contributed by atoms with van der Waals surface area (Å²) in [7, 11) is 11.1. The molecule has 0 aliphatic carbocycles. The molecule has 2 rings (SSSR count). The van der Waals surface area contributed by atoms with Crippen molar-refractivity contribution >= 4 is 54.0 Å². The summed E-state index contributed by atoms with van der Waals surface area (Å²) in [6.45, 7) is 0. The van der Waals surface area contributed by atoms with Gasteiger partial charge >= 0.3 is 0 Å². The van der Waals surface area contributed by atoms with Crippen LogP contribution < -0.4 is 5.56 Å². The summed E-state index contributed by atoms with van der Waals surface area (Å²) in [4.78, 5) is 11.5. The van der Waals surface area contributed by atoms with E-state index in [4.69, 9.17) is 27.3 Å². The minimum atomic E-state index is -1.62. The first-order valence-electron chi connectivity index (χ1n) is 4.34. The highest BCUT2D eigenvalue weighted by Gasteiger charge is 2.21. The number of aromatic amines is 1. The third-order valence-corrected chi connectivity index (χ3v) is 2.79. The molecule has 0 saturated carbocycles. The van der Waals surface area contributed by atoms with E-state index >= 15 is 0 Å². The van der Waals surface area contributed by atoms with Crippen LogP contribution in [-0.4, -0.2) is 25.9 Å². The van der Waals surface area contributed by atoms with E-state index in [1.165, 1.54) is 0 Å². The van der Waals surface area contributed by atoms with Gasteiger partial charge in [0.15, 0.2) is 0 Å². The summed E-state index contributed by atoms with van der Waals surface area (Å²) in [6.07, 6.45) is 0. The summed E-state index contributed by atoms with van der Waals surface area (Å²) in [5, 5.41) is 7.05. The Morgan fingerprint density at radius 2 is 2.06 bits per heavy atom. The molecule has 0 atom stereocenters. The number of hydrogen-bond acceptors (Lipinski definition) is 2. The summed E-state index contributed by atoms with van der Waals surface area (Å²) >= 11 is 9.09. The van der Waals surface area contributed by atoms with Gasteiger partial charge in [-0.15, -0.1) is 11.6 Å². The van der Waals surface area contributed by atoms with Crippen LogP contribution in [0.5, 0.6) is 0 Å². The monoisotopic (exact) mass is 292 g/mol. The molecule has 3 nitrogen and oxygen atoms in total. The fraction of sp³-hybridized carbons (Fsp3) is 0.111. The van der Waals surface area contributed by atoms with Gasteiger partial charge in [-0.25, -0.2) is 5.10 Å². The van der Waals surface area contributed by atoms with E-state index in [9.17, 15) is 4.79 Å². The number of hydrogen-bond donors (Lipinski definition) is 1. The maximum atomic E-state index is 11.5. The highest BCUT2D eigenvalue weighted by molar-refractivity contribution is 9.10. The van der Waals surface area contributed by atoms with Crippen molar-refractivity contribution in [2.75, 3.05) is 0 Å². The van der Waals surface area contributed by atoms with Gasteiger partial charge in [0.05, 0.1) is 26.8 Å². The molecule has 4 radical (unpaired) electrons. The van der Waals surface area contributed by atoms with Gasteiger partial charge in [0.1, 0.15) is 0 Å². The zero-order chi connectivity index (χ0) is 11.9. The lowest BCUT2D eigenvalue weighted by atomic mass is 9.67. The number of H-pyrrole nitrogens is 1. The van der Waals surface area contributed by atoms with Gasteiger partial charge in [-0.2, -0.15) is 5.10 Å². The molecule has 1 aromatic heterocycles. The quantitative estimate of drug-likeness (QED) is 0.637. The van der Waals surface area contributed by atoms with Gasteiger partial charge < -0.3 is 0 Å². The molecule has 0 saturated heterocycles. The predicted molar refractivity (Wildman–Crippen MR) is 69.1 cm³/mol. The molecule has 0 bridgehead atoms. The zero-order valence-electron chi connectivity index (χ0n) is 8.00. The Labute approximate surface area is 108 Å². The Morgan fingerprint density at radius 1 is 1.38 bits per heavy atom. The maximum absolute atomic E-state index is 11.5. The summed E-state index contributed by atoms with van der Waals surface area (Å²) in [5.74, 6) is 0. The standard InChI is InChI=1S/C9H4B2BrClN2O/c10-9(11,13)7-6-3-4(12)1-2-5(6)8(16)15-14-7/h1-3H,(H,15,16). The SMILES string of the molecule is [B]C([B])(Cl)c1n[nH]c(=O)c2ccc(Br)cc12. The number of halogens is 2. The van der Waals surface area contributed by atoms with Gasteiger partial charge in [0.25, 0.3) is 5.56 Å². The third kappa shape index (κ3) is 2.04. The lowest BCUT2D eigenvalue weighted by Crippen LogP contribution is -2.24. The fourth-order valence-electron chi connectivity index (χ4n) is 1.43. The van der Waals surface area contributed by atoms with Crippen LogP contribution in [0.25, 0.3) is 10.8 Å². The van der Waals surface area contributed by atoms with Gasteiger partial charge in [-0.05, 0) is 18.2 Å². The third-order valence-electron chi connectivity index (χ3n) is 2.11. The molecule has 0 amide bonds. The van der Waals surface area contributed by atoms with Crippen molar-refractivity contribution in [1.82, 2.24) is 10.2 Å². The number of fused-ring (bicyclic) bond motifs is 1. The number of alkyl halides is 1. The van der Waals surface area contributed by atoms with Gasteiger partial charge in [-0.3, -0.25) is 4.79 Å². The van der Waals surface area contributed by atoms with E-state index < -0.39 is 4.67 Å². The largest absolute Gasteiger partial charge is 0.272 e. The Bertz CT molecular complexity index is 608. The van der Waals surface area contributed by atoms with Crippen LogP contribution in [0.15, 0.2) is 27.5 Å². The number of benzene rings is 1. The second-order valence-corrected chi connectivity index (χ2v) is 4.90. The smallest absolute Gasteiger partial charge is 0.267 e. The second-order valence-electron chi connectivity index (χ2n) is 3.36. The molecule has 0 spiro atoms. The average molecular weight is 293 g/mol. The van der Waals surface area contributed by atoms with Crippen LogP contribution in [0.1, 0.15) is 5.69 Å². The molecule has 76 valence electrons. The van der Waals surface area contributed by atoms with Crippen LogP contribution in [-0.2, 0) is 4.67 Å². The van der Waals surface area contributed by atoms with Crippen LogP contribution in [0.4, 0.5) is 0 Å². The molecule has 2 aromatic rings. The van der Waals surface area contributed by atoms with E-state index in [-0.39, 0.29) is 11.3 Å². The van der Waals surface area contributed by atoms with Crippen molar-refractivity contribution in [3.05, 3.63) is 38.7 Å². The van der Waals surface area contributed by atoms with E-state index in [2.05, 4.69) is 26.1 Å². The highest BCUT2D eigenvalue weighted by Crippen LogP contribution is 2.27. The van der Waals surface area contributed by atoms with Crippen molar-refractivity contribution in [2.45, 2.75) is 4.67 Å². The minimum Gasteiger partial charge on any atom is -0.267 e. The molecule has 7 heteroatoms. The summed E-state index contributed by atoms with van der Waals surface area (Å²) in [6, 6.07) is 5.08. The van der Waals surface area contributed by atoms with E-state index in [1.807, 2.05) is 0 Å². The maximum Gasteiger partial charge on any atom is 0.272 e. The predicted octanol–water partition coefficient (Wildman–Crippen LogP) is 1.37. The molecular formula is C9H4B2BrClN2O. The van der Waals surface area contributed by atoms with Gasteiger partial charge in [0, 0.05) is 14.5 Å². The molecule has 0 fully saturated rings. The van der Waals surface area contributed by atoms with Crippen LogP contribution in [0.3, 0.4) is 0 Å². The van der Waals surface area contributed by atoms with E-state index in [0.717, 1.165) is 4.47 Å². The van der Waals surface area contributed by atoms with Crippen molar-refractivity contribution in [2.24, 2.45) is 0 Å². The number of aromatic nitrogens is 2. The molecule has 0 unspecified atom stereocenters. The number of nitrogens with one attached hydrogen (secondary N) is 1. The summed E-state index contributed by atoms with van der Waals surface area (Å²) < 4.78 is -0.835.